The van der Waals surface area contributed by atoms with Gasteiger partial charge < -0.3 is 9.64 Å². The third kappa shape index (κ3) is 1.75. The van der Waals surface area contributed by atoms with Crippen molar-refractivity contribution in [1.29, 1.82) is 0 Å². The van der Waals surface area contributed by atoms with Gasteiger partial charge in [0, 0.05) is 18.7 Å². The van der Waals surface area contributed by atoms with Crippen molar-refractivity contribution in [3.05, 3.63) is 29.3 Å². The number of nitrogens with zero attached hydrogens (tertiary/aromatic N) is 1. The third-order valence-corrected chi connectivity index (χ3v) is 4.97. The number of amides is 1. The van der Waals surface area contributed by atoms with Gasteiger partial charge in [-0.1, -0.05) is 6.92 Å². The minimum atomic E-state index is 0.196. The third-order valence-electron chi connectivity index (χ3n) is 4.97. The van der Waals surface area contributed by atoms with Gasteiger partial charge in [-0.2, -0.15) is 0 Å². The first-order valence-electron chi connectivity index (χ1n) is 7.21. The first kappa shape index (κ1) is 11.3. The lowest BCUT2D eigenvalue weighted by Crippen LogP contribution is -2.31. The van der Waals surface area contributed by atoms with E-state index in [9.17, 15) is 4.79 Å². The number of piperidine rings is 1. The standard InChI is InChI=1S/C16H19NO2/c1-16-8-13(16)9-17(10-16)15(18)12-4-5-14-11(7-12)3-2-6-19-14/h4-5,7,13H,2-3,6,8-10H2,1H3. The molecule has 2 aliphatic heterocycles. The molecule has 0 bridgehead atoms. The fraction of sp³-hybridized carbons (Fsp3) is 0.562. The molecule has 3 heteroatoms. The highest BCUT2D eigenvalue weighted by atomic mass is 16.5. The predicted molar refractivity (Wildman–Crippen MR) is 72.4 cm³/mol. The fourth-order valence-corrected chi connectivity index (χ4v) is 3.58. The molecule has 4 rings (SSSR count). The summed E-state index contributed by atoms with van der Waals surface area (Å²) in [4.78, 5) is 14.6. The second-order valence-electron chi connectivity index (χ2n) is 6.52. The fourth-order valence-electron chi connectivity index (χ4n) is 3.58. The molecule has 3 aliphatic rings. The van der Waals surface area contributed by atoms with Gasteiger partial charge in [-0.05, 0) is 54.4 Å². The average Bonchev–Trinajstić information content (AvgIpc) is 2.95. The van der Waals surface area contributed by atoms with Gasteiger partial charge in [-0.3, -0.25) is 4.79 Å². The molecule has 0 N–H and O–H groups in total. The SMILES string of the molecule is CC12CC1CN(C(=O)c1ccc3c(c1)CCCO3)C2. The first-order chi connectivity index (χ1) is 9.16. The molecule has 2 heterocycles. The minimum Gasteiger partial charge on any atom is -0.493 e. The van der Waals surface area contributed by atoms with E-state index in [1.54, 1.807) is 0 Å². The number of fused-ring (bicyclic) bond motifs is 2. The molecule has 0 spiro atoms. The Morgan fingerprint density at radius 2 is 2.37 bits per heavy atom. The van der Waals surface area contributed by atoms with Crippen molar-refractivity contribution in [2.75, 3.05) is 19.7 Å². The summed E-state index contributed by atoms with van der Waals surface area (Å²) in [5, 5.41) is 0. The normalized spacial score (nSPS) is 31.4. The summed E-state index contributed by atoms with van der Waals surface area (Å²) in [6.07, 6.45) is 3.38. The second kappa shape index (κ2) is 3.75. The monoisotopic (exact) mass is 257 g/mol. The highest BCUT2D eigenvalue weighted by Crippen LogP contribution is 2.57. The number of carbonyl (C=O) groups is 1. The largest absolute Gasteiger partial charge is 0.493 e. The van der Waals surface area contributed by atoms with Crippen LogP contribution < -0.4 is 4.74 Å². The van der Waals surface area contributed by atoms with Gasteiger partial charge >= 0.3 is 0 Å². The number of likely N-dealkylation sites (tertiary alicyclic amines) is 1. The van der Waals surface area contributed by atoms with Crippen LogP contribution in [0.25, 0.3) is 0 Å². The number of hydrogen-bond donors (Lipinski definition) is 0. The van der Waals surface area contributed by atoms with Gasteiger partial charge in [-0.25, -0.2) is 0 Å². The van der Waals surface area contributed by atoms with Gasteiger partial charge in [0.05, 0.1) is 6.61 Å². The molecule has 1 amide bonds. The van der Waals surface area contributed by atoms with Crippen molar-refractivity contribution in [3.63, 3.8) is 0 Å². The Morgan fingerprint density at radius 3 is 3.16 bits per heavy atom. The Labute approximate surface area is 113 Å². The van der Waals surface area contributed by atoms with Crippen LogP contribution in [0.1, 0.15) is 35.7 Å². The smallest absolute Gasteiger partial charge is 0.253 e. The zero-order valence-corrected chi connectivity index (χ0v) is 11.3. The Bertz CT molecular complexity index is 554. The average molecular weight is 257 g/mol. The van der Waals surface area contributed by atoms with Crippen LogP contribution in [0.15, 0.2) is 18.2 Å². The van der Waals surface area contributed by atoms with Crippen LogP contribution >= 0.6 is 0 Å². The Kier molecular flexibility index (Phi) is 2.23. The van der Waals surface area contributed by atoms with Gasteiger partial charge in [0.1, 0.15) is 5.75 Å². The molecular formula is C16H19NO2. The van der Waals surface area contributed by atoms with Gasteiger partial charge in [0.2, 0.25) is 0 Å². The van der Waals surface area contributed by atoms with Crippen molar-refractivity contribution in [2.24, 2.45) is 11.3 Å². The van der Waals surface area contributed by atoms with Crippen LogP contribution in [-0.2, 0) is 6.42 Å². The molecular weight excluding hydrogens is 238 g/mol. The topological polar surface area (TPSA) is 29.5 Å². The summed E-state index contributed by atoms with van der Waals surface area (Å²) >= 11 is 0. The van der Waals surface area contributed by atoms with Crippen molar-refractivity contribution in [1.82, 2.24) is 4.90 Å². The van der Waals surface area contributed by atoms with Crippen molar-refractivity contribution >= 4 is 5.91 Å². The maximum absolute atomic E-state index is 12.5. The molecule has 2 unspecified atom stereocenters. The van der Waals surface area contributed by atoms with Crippen LogP contribution in [0, 0.1) is 11.3 Å². The van der Waals surface area contributed by atoms with E-state index in [-0.39, 0.29) is 5.91 Å². The van der Waals surface area contributed by atoms with E-state index >= 15 is 0 Å². The zero-order valence-electron chi connectivity index (χ0n) is 11.3. The maximum atomic E-state index is 12.5. The van der Waals surface area contributed by atoms with E-state index in [0.717, 1.165) is 49.8 Å². The van der Waals surface area contributed by atoms with Crippen molar-refractivity contribution in [2.45, 2.75) is 26.2 Å². The molecule has 2 atom stereocenters. The molecule has 3 nitrogen and oxygen atoms in total. The van der Waals surface area contributed by atoms with E-state index in [0.29, 0.717) is 5.41 Å². The van der Waals surface area contributed by atoms with Crippen LogP contribution in [0.2, 0.25) is 0 Å². The van der Waals surface area contributed by atoms with Gasteiger partial charge in [-0.15, -0.1) is 0 Å². The zero-order chi connectivity index (χ0) is 13.0. The molecule has 0 aromatic heterocycles. The summed E-state index contributed by atoms with van der Waals surface area (Å²) < 4.78 is 5.60. The van der Waals surface area contributed by atoms with Crippen LogP contribution in [-0.4, -0.2) is 30.5 Å². The number of aryl methyl sites for hydroxylation is 1. The maximum Gasteiger partial charge on any atom is 0.253 e. The predicted octanol–water partition coefficient (Wildman–Crippen LogP) is 2.49. The van der Waals surface area contributed by atoms with E-state index < -0.39 is 0 Å². The number of benzene rings is 1. The van der Waals surface area contributed by atoms with Gasteiger partial charge in [0.25, 0.3) is 5.91 Å². The lowest BCUT2D eigenvalue weighted by atomic mass is 10.0. The highest BCUT2D eigenvalue weighted by molar-refractivity contribution is 5.95. The van der Waals surface area contributed by atoms with Crippen molar-refractivity contribution in [3.8, 4) is 5.75 Å². The second-order valence-corrected chi connectivity index (χ2v) is 6.52. The summed E-state index contributed by atoms with van der Waals surface area (Å²) in [7, 11) is 0. The number of carbonyl (C=O) groups excluding carboxylic acids is 1. The van der Waals surface area contributed by atoms with Crippen LogP contribution in [0.5, 0.6) is 5.75 Å². The highest BCUT2D eigenvalue weighted by Gasteiger charge is 2.57. The molecule has 2 fully saturated rings. The van der Waals surface area contributed by atoms with E-state index in [1.807, 2.05) is 23.1 Å². The number of ether oxygens (including phenoxy) is 1. The van der Waals surface area contributed by atoms with Crippen LogP contribution in [0.4, 0.5) is 0 Å². The molecule has 19 heavy (non-hydrogen) atoms. The van der Waals surface area contributed by atoms with E-state index in [4.69, 9.17) is 4.74 Å². The lowest BCUT2D eigenvalue weighted by Gasteiger charge is -2.22. The number of hydrogen-bond acceptors (Lipinski definition) is 2. The van der Waals surface area contributed by atoms with Crippen LogP contribution in [0.3, 0.4) is 0 Å². The molecule has 1 saturated heterocycles. The first-order valence-corrected chi connectivity index (χ1v) is 7.21. The molecule has 100 valence electrons. The Morgan fingerprint density at radius 1 is 1.47 bits per heavy atom. The summed E-state index contributed by atoms with van der Waals surface area (Å²) in [5.41, 5.74) is 2.44. The Balaban J connectivity index is 1.57. The molecule has 1 aliphatic carbocycles. The Hall–Kier alpha value is -1.51. The summed E-state index contributed by atoms with van der Waals surface area (Å²) in [6.45, 7) is 4.98. The molecule has 1 aromatic carbocycles. The summed E-state index contributed by atoms with van der Waals surface area (Å²) in [5.74, 6) is 1.90. The molecule has 1 aromatic rings. The minimum absolute atomic E-state index is 0.196. The molecule has 1 saturated carbocycles. The molecule has 0 radical (unpaired) electrons. The van der Waals surface area contributed by atoms with E-state index in [2.05, 4.69) is 6.92 Å². The van der Waals surface area contributed by atoms with Crippen molar-refractivity contribution < 1.29 is 9.53 Å². The number of rotatable bonds is 1. The summed E-state index contributed by atoms with van der Waals surface area (Å²) in [6, 6.07) is 5.90. The quantitative estimate of drug-likeness (QED) is 0.773. The van der Waals surface area contributed by atoms with E-state index in [1.165, 1.54) is 12.0 Å². The lowest BCUT2D eigenvalue weighted by molar-refractivity contribution is 0.0766. The van der Waals surface area contributed by atoms with Gasteiger partial charge in [0.15, 0.2) is 0 Å².